The monoisotopic (exact) mass is 437 g/mol. The van der Waals surface area contributed by atoms with Gasteiger partial charge in [0.25, 0.3) is 5.22 Å². The number of aromatic nitrogens is 2. The molecule has 134 valence electrons. The molecule has 0 aliphatic carbocycles. The third-order valence-corrected chi connectivity index (χ3v) is 4.59. The van der Waals surface area contributed by atoms with Crippen LogP contribution in [0.25, 0.3) is 11.5 Å². The van der Waals surface area contributed by atoms with E-state index in [0.29, 0.717) is 10.4 Å². The highest BCUT2D eigenvalue weighted by molar-refractivity contribution is 9.10. The van der Waals surface area contributed by atoms with E-state index < -0.39 is 5.82 Å². The van der Waals surface area contributed by atoms with Gasteiger partial charge in [-0.15, -0.1) is 10.2 Å². The number of benzene rings is 2. The number of ether oxygens (including phenoxy) is 1. The minimum Gasteiger partial charge on any atom is -0.497 e. The Bertz CT molecular complexity index is 918. The van der Waals surface area contributed by atoms with Crippen molar-refractivity contribution in [2.45, 2.75) is 5.22 Å². The maximum absolute atomic E-state index is 13.7. The van der Waals surface area contributed by atoms with Gasteiger partial charge in [0, 0.05) is 10.0 Å². The van der Waals surface area contributed by atoms with Crippen LogP contribution in [0.5, 0.6) is 5.75 Å². The predicted molar refractivity (Wildman–Crippen MR) is 99.7 cm³/mol. The largest absolute Gasteiger partial charge is 0.497 e. The van der Waals surface area contributed by atoms with Crippen molar-refractivity contribution in [1.29, 1.82) is 0 Å². The summed E-state index contributed by atoms with van der Waals surface area (Å²) in [5, 5.41) is 10.6. The summed E-state index contributed by atoms with van der Waals surface area (Å²) in [5.74, 6) is 0.187. The van der Waals surface area contributed by atoms with Crippen molar-refractivity contribution in [3.63, 3.8) is 0 Å². The summed E-state index contributed by atoms with van der Waals surface area (Å²) in [7, 11) is 1.58. The quantitative estimate of drug-likeness (QED) is 0.576. The number of hydrogen-bond acceptors (Lipinski definition) is 6. The topological polar surface area (TPSA) is 77.2 Å². The normalized spacial score (nSPS) is 10.6. The first-order valence-electron chi connectivity index (χ1n) is 7.41. The third-order valence-electron chi connectivity index (χ3n) is 3.28. The van der Waals surface area contributed by atoms with Gasteiger partial charge < -0.3 is 14.5 Å². The molecule has 0 radical (unpaired) electrons. The molecule has 2 aromatic carbocycles. The van der Waals surface area contributed by atoms with Crippen molar-refractivity contribution in [2.75, 3.05) is 18.2 Å². The molecule has 9 heteroatoms. The summed E-state index contributed by atoms with van der Waals surface area (Å²) >= 11 is 4.23. The lowest BCUT2D eigenvalue weighted by Crippen LogP contribution is -2.15. The van der Waals surface area contributed by atoms with Crippen molar-refractivity contribution in [1.82, 2.24) is 10.2 Å². The van der Waals surface area contributed by atoms with Gasteiger partial charge in [0.15, 0.2) is 0 Å². The Kier molecular flexibility index (Phi) is 5.89. The summed E-state index contributed by atoms with van der Waals surface area (Å²) in [5.41, 5.74) is 0.856. The van der Waals surface area contributed by atoms with E-state index in [0.717, 1.165) is 23.1 Å². The highest BCUT2D eigenvalue weighted by Gasteiger charge is 2.13. The van der Waals surface area contributed by atoms with Crippen molar-refractivity contribution >= 4 is 39.3 Å². The maximum atomic E-state index is 13.7. The Morgan fingerprint density at radius 2 is 2.04 bits per heavy atom. The van der Waals surface area contributed by atoms with Crippen LogP contribution in [0.4, 0.5) is 10.1 Å². The molecule has 0 atom stereocenters. The fourth-order valence-electron chi connectivity index (χ4n) is 2.02. The summed E-state index contributed by atoms with van der Waals surface area (Å²) in [4.78, 5) is 12.0. The van der Waals surface area contributed by atoms with Gasteiger partial charge in [-0.25, -0.2) is 4.39 Å². The average Bonchev–Trinajstić information content (AvgIpc) is 3.11. The van der Waals surface area contributed by atoms with E-state index in [1.165, 1.54) is 12.1 Å². The second kappa shape index (κ2) is 8.33. The molecule has 0 spiro atoms. The van der Waals surface area contributed by atoms with E-state index in [9.17, 15) is 9.18 Å². The fourth-order valence-corrected chi connectivity index (χ4v) is 2.92. The van der Waals surface area contributed by atoms with E-state index in [4.69, 9.17) is 9.15 Å². The van der Waals surface area contributed by atoms with Crippen LogP contribution in [0.15, 0.2) is 56.6 Å². The SMILES string of the molecule is COc1ccc(-c2nnc(SCC(=O)Nc3ccc(Br)cc3F)o2)cc1. The Morgan fingerprint density at radius 3 is 2.73 bits per heavy atom. The van der Waals surface area contributed by atoms with Crippen LogP contribution in [0.1, 0.15) is 0 Å². The van der Waals surface area contributed by atoms with Crippen LogP contribution in [0.3, 0.4) is 0 Å². The summed E-state index contributed by atoms with van der Waals surface area (Å²) in [6.07, 6.45) is 0. The first-order valence-corrected chi connectivity index (χ1v) is 9.18. The fraction of sp³-hybridized carbons (Fsp3) is 0.118. The molecule has 0 aliphatic heterocycles. The lowest BCUT2D eigenvalue weighted by atomic mass is 10.2. The molecule has 1 amide bonds. The standard InChI is InChI=1S/C17H13BrFN3O3S/c1-24-12-5-2-10(3-6-12)16-21-22-17(25-16)26-9-15(23)20-14-7-4-11(18)8-13(14)19/h2-8H,9H2,1H3,(H,20,23). The summed E-state index contributed by atoms with van der Waals surface area (Å²) < 4.78 is 24.9. The molecule has 1 heterocycles. The van der Waals surface area contributed by atoms with E-state index in [1.807, 2.05) is 0 Å². The summed E-state index contributed by atoms with van der Waals surface area (Å²) in [6, 6.07) is 11.6. The number of carbonyl (C=O) groups is 1. The van der Waals surface area contributed by atoms with Crippen molar-refractivity contribution < 1.29 is 18.3 Å². The number of hydrogen-bond donors (Lipinski definition) is 1. The minimum atomic E-state index is -0.516. The molecular formula is C17H13BrFN3O3S. The smallest absolute Gasteiger partial charge is 0.277 e. The molecule has 6 nitrogen and oxygen atoms in total. The van der Waals surface area contributed by atoms with Crippen molar-refractivity contribution in [2.24, 2.45) is 0 Å². The molecule has 0 bridgehead atoms. The highest BCUT2D eigenvalue weighted by atomic mass is 79.9. The van der Waals surface area contributed by atoms with Crippen LogP contribution in [0.2, 0.25) is 0 Å². The molecule has 0 unspecified atom stereocenters. The van der Waals surface area contributed by atoms with Gasteiger partial charge in [0.1, 0.15) is 11.6 Å². The van der Waals surface area contributed by atoms with Gasteiger partial charge in [0.05, 0.1) is 18.6 Å². The molecule has 0 aliphatic rings. The minimum absolute atomic E-state index is 0.0136. The zero-order valence-electron chi connectivity index (χ0n) is 13.5. The van der Waals surface area contributed by atoms with Gasteiger partial charge in [0.2, 0.25) is 11.8 Å². The number of methoxy groups -OCH3 is 1. The number of anilines is 1. The second-order valence-corrected chi connectivity index (χ2v) is 6.90. The van der Waals surface area contributed by atoms with Crippen LogP contribution in [0, 0.1) is 5.82 Å². The molecule has 3 aromatic rings. The van der Waals surface area contributed by atoms with Crippen LogP contribution in [-0.2, 0) is 4.79 Å². The Morgan fingerprint density at radius 1 is 1.27 bits per heavy atom. The van der Waals surface area contributed by atoms with Gasteiger partial charge in [-0.3, -0.25) is 4.79 Å². The lowest BCUT2D eigenvalue weighted by molar-refractivity contribution is -0.113. The van der Waals surface area contributed by atoms with Crippen LogP contribution < -0.4 is 10.1 Å². The van der Waals surface area contributed by atoms with E-state index in [2.05, 4.69) is 31.4 Å². The lowest BCUT2D eigenvalue weighted by Gasteiger charge is -2.05. The first kappa shape index (κ1) is 18.4. The zero-order chi connectivity index (χ0) is 18.5. The van der Waals surface area contributed by atoms with E-state index in [-0.39, 0.29) is 22.6 Å². The number of nitrogens with zero attached hydrogens (tertiary/aromatic N) is 2. The van der Waals surface area contributed by atoms with Crippen LogP contribution >= 0.6 is 27.7 Å². The molecule has 0 saturated carbocycles. The molecule has 0 saturated heterocycles. The number of carbonyl (C=O) groups excluding carboxylic acids is 1. The van der Waals surface area contributed by atoms with Gasteiger partial charge in [-0.05, 0) is 42.5 Å². The second-order valence-electron chi connectivity index (χ2n) is 5.06. The third kappa shape index (κ3) is 4.61. The van der Waals surface area contributed by atoms with Gasteiger partial charge in [-0.2, -0.15) is 0 Å². The number of thioether (sulfide) groups is 1. The molecule has 1 N–H and O–H groups in total. The summed E-state index contributed by atoms with van der Waals surface area (Å²) in [6.45, 7) is 0. The number of halogens is 2. The Labute approximate surface area is 161 Å². The van der Waals surface area contributed by atoms with Gasteiger partial charge >= 0.3 is 0 Å². The van der Waals surface area contributed by atoms with Crippen LogP contribution in [-0.4, -0.2) is 29.0 Å². The number of nitrogens with one attached hydrogen (secondary N) is 1. The predicted octanol–water partition coefficient (Wildman–Crippen LogP) is 4.38. The Hall–Kier alpha value is -2.39. The molecule has 3 rings (SSSR count). The van der Waals surface area contributed by atoms with E-state index in [1.54, 1.807) is 37.4 Å². The van der Waals surface area contributed by atoms with Crippen molar-refractivity contribution in [3.05, 3.63) is 52.8 Å². The number of amides is 1. The molecule has 1 aromatic heterocycles. The number of rotatable bonds is 6. The Balaban J connectivity index is 1.58. The highest BCUT2D eigenvalue weighted by Crippen LogP contribution is 2.25. The zero-order valence-corrected chi connectivity index (χ0v) is 15.9. The maximum Gasteiger partial charge on any atom is 0.277 e. The molecule has 26 heavy (non-hydrogen) atoms. The first-order chi connectivity index (χ1) is 12.5. The van der Waals surface area contributed by atoms with E-state index >= 15 is 0 Å². The average molecular weight is 438 g/mol. The molecule has 0 fully saturated rings. The molecular weight excluding hydrogens is 425 g/mol. The van der Waals surface area contributed by atoms with Crippen molar-refractivity contribution in [3.8, 4) is 17.2 Å². The van der Waals surface area contributed by atoms with Gasteiger partial charge in [-0.1, -0.05) is 27.7 Å².